The number of aromatic nitrogens is 3. The Hall–Kier alpha value is -3.75. The van der Waals surface area contributed by atoms with Gasteiger partial charge in [-0.3, -0.25) is 14.6 Å². The van der Waals surface area contributed by atoms with E-state index in [0.717, 1.165) is 23.7 Å². The fraction of sp³-hybridized carbons (Fsp3) is 0.250. The summed E-state index contributed by atoms with van der Waals surface area (Å²) >= 11 is 0. The van der Waals surface area contributed by atoms with Gasteiger partial charge in [-0.1, -0.05) is 18.9 Å². The predicted octanol–water partition coefficient (Wildman–Crippen LogP) is 1.93. The average Bonchev–Trinajstić information content (AvgIpc) is 3.51. The van der Waals surface area contributed by atoms with Crippen LogP contribution in [0.1, 0.15) is 29.8 Å². The third kappa shape index (κ3) is 4.40. The fourth-order valence-corrected chi connectivity index (χ4v) is 3.13. The largest absolute Gasteiger partial charge is 0.368 e. The topological polar surface area (TPSA) is 149 Å². The van der Waals surface area contributed by atoms with E-state index in [4.69, 9.17) is 11.5 Å². The van der Waals surface area contributed by atoms with Crippen LogP contribution in [0.3, 0.4) is 0 Å². The van der Waals surface area contributed by atoms with Crippen molar-refractivity contribution in [3.05, 3.63) is 48.4 Å². The van der Waals surface area contributed by atoms with Gasteiger partial charge in [0.15, 0.2) is 11.5 Å². The van der Waals surface area contributed by atoms with Crippen molar-refractivity contribution < 1.29 is 9.59 Å². The van der Waals surface area contributed by atoms with Crippen molar-refractivity contribution in [2.24, 2.45) is 17.4 Å². The van der Waals surface area contributed by atoms with Gasteiger partial charge in [0.2, 0.25) is 5.91 Å². The van der Waals surface area contributed by atoms with Crippen molar-refractivity contribution >= 4 is 40.0 Å². The first-order chi connectivity index (χ1) is 14.0. The Morgan fingerprint density at radius 3 is 2.72 bits per heavy atom. The Labute approximate surface area is 166 Å². The molecular weight excluding hydrogens is 370 g/mol. The van der Waals surface area contributed by atoms with Crippen molar-refractivity contribution in [1.29, 1.82) is 0 Å². The van der Waals surface area contributed by atoms with Gasteiger partial charge in [0.1, 0.15) is 11.9 Å². The lowest BCUT2D eigenvalue weighted by molar-refractivity contribution is -0.118. The standard InChI is InChI=1S/C20H21N7O2/c21-18(28)15(8-11-3-4-11)26-16-10-24-17(19(22)29)20(27-16)25-13-5-6-14-12(9-13)2-1-7-23-14/h1-2,5-7,9-11,15H,3-4,8H2,(H2,21,28)(H2,22,29)(H2,25,26,27). The number of hydrogen-bond donors (Lipinski definition) is 4. The van der Waals surface area contributed by atoms with E-state index in [1.165, 1.54) is 6.20 Å². The normalized spacial score (nSPS) is 14.3. The molecule has 2 amide bonds. The van der Waals surface area contributed by atoms with Gasteiger partial charge in [-0.15, -0.1) is 0 Å². The summed E-state index contributed by atoms with van der Waals surface area (Å²) in [6.45, 7) is 0. The minimum absolute atomic E-state index is 0.000323. The zero-order valence-electron chi connectivity index (χ0n) is 15.6. The summed E-state index contributed by atoms with van der Waals surface area (Å²) in [5.74, 6) is -0.126. The average molecular weight is 391 g/mol. The molecule has 2 heterocycles. The van der Waals surface area contributed by atoms with Crippen LogP contribution in [0.2, 0.25) is 0 Å². The van der Waals surface area contributed by atoms with Crippen molar-refractivity contribution in [2.75, 3.05) is 10.6 Å². The van der Waals surface area contributed by atoms with Crippen LogP contribution >= 0.6 is 0 Å². The Morgan fingerprint density at radius 1 is 1.17 bits per heavy atom. The number of rotatable bonds is 8. The van der Waals surface area contributed by atoms with Crippen LogP contribution in [0, 0.1) is 5.92 Å². The first-order valence-corrected chi connectivity index (χ1v) is 9.34. The van der Waals surface area contributed by atoms with Gasteiger partial charge in [-0.2, -0.15) is 0 Å². The van der Waals surface area contributed by atoms with Gasteiger partial charge in [0.05, 0.1) is 11.7 Å². The SMILES string of the molecule is NC(=O)c1ncc(NC(CC2CC2)C(N)=O)nc1Nc1ccc2ncccc2c1. The van der Waals surface area contributed by atoms with Crippen molar-refractivity contribution in [3.8, 4) is 0 Å². The van der Waals surface area contributed by atoms with E-state index in [2.05, 4.69) is 25.6 Å². The van der Waals surface area contributed by atoms with Crippen LogP contribution < -0.4 is 22.1 Å². The lowest BCUT2D eigenvalue weighted by Gasteiger charge is -2.17. The lowest BCUT2D eigenvalue weighted by Crippen LogP contribution is -2.36. The highest BCUT2D eigenvalue weighted by molar-refractivity contribution is 5.97. The van der Waals surface area contributed by atoms with Crippen molar-refractivity contribution in [3.63, 3.8) is 0 Å². The maximum absolute atomic E-state index is 11.8. The molecule has 1 aliphatic carbocycles. The maximum Gasteiger partial charge on any atom is 0.271 e. The van der Waals surface area contributed by atoms with Crippen LogP contribution in [0.4, 0.5) is 17.3 Å². The molecule has 9 nitrogen and oxygen atoms in total. The van der Waals surface area contributed by atoms with Gasteiger partial charge in [0.25, 0.3) is 5.91 Å². The summed E-state index contributed by atoms with van der Waals surface area (Å²) in [6.07, 6.45) is 5.94. The molecule has 4 rings (SSSR count). The Morgan fingerprint density at radius 2 is 2.00 bits per heavy atom. The van der Waals surface area contributed by atoms with E-state index in [9.17, 15) is 9.59 Å². The van der Waals surface area contributed by atoms with E-state index in [0.29, 0.717) is 23.8 Å². The Balaban J connectivity index is 1.61. The summed E-state index contributed by atoms with van der Waals surface area (Å²) in [6, 6.07) is 8.79. The molecule has 0 bridgehead atoms. The Kier molecular flexibility index (Phi) is 4.94. The molecule has 2 aromatic heterocycles. The Bertz CT molecular complexity index is 1080. The smallest absolute Gasteiger partial charge is 0.271 e. The molecule has 0 spiro atoms. The van der Waals surface area contributed by atoms with E-state index in [-0.39, 0.29) is 11.5 Å². The number of pyridine rings is 1. The van der Waals surface area contributed by atoms with Gasteiger partial charge in [-0.25, -0.2) is 9.97 Å². The molecule has 1 aromatic carbocycles. The number of nitrogens with zero attached hydrogens (tertiary/aromatic N) is 3. The molecule has 1 unspecified atom stereocenters. The number of primary amides is 2. The lowest BCUT2D eigenvalue weighted by atomic mass is 10.1. The summed E-state index contributed by atoms with van der Waals surface area (Å²) in [5.41, 5.74) is 12.5. The van der Waals surface area contributed by atoms with Crippen LogP contribution in [-0.4, -0.2) is 32.8 Å². The van der Waals surface area contributed by atoms with Gasteiger partial charge < -0.3 is 22.1 Å². The first-order valence-electron chi connectivity index (χ1n) is 9.34. The molecule has 9 heteroatoms. The number of hydrogen-bond acceptors (Lipinski definition) is 7. The second kappa shape index (κ2) is 7.70. The predicted molar refractivity (Wildman–Crippen MR) is 110 cm³/mol. The third-order valence-electron chi connectivity index (χ3n) is 4.80. The van der Waals surface area contributed by atoms with Crippen LogP contribution in [0.25, 0.3) is 10.9 Å². The van der Waals surface area contributed by atoms with Crippen molar-refractivity contribution in [2.45, 2.75) is 25.3 Å². The molecule has 0 aliphatic heterocycles. The monoisotopic (exact) mass is 391 g/mol. The minimum Gasteiger partial charge on any atom is -0.368 e. The number of anilines is 3. The third-order valence-corrected chi connectivity index (χ3v) is 4.80. The minimum atomic E-state index is -0.710. The number of fused-ring (bicyclic) bond motifs is 1. The molecule has 3 aromatic rings. The molecule has 0 saturated heterocycles. The van der Waals surface area contributed by atoms with Gasteiger partial charge in [0, 0.05) is 17.3 Å². The molecule has 1 fully saturated rings. The number of benzene rings is 1. The molecule has 1 aliphatic rings. The summed E-state index contributed by atoms with van der Waals surface area (Å²) in [7, 11) is 0. The van der Waals surface area contributed by atoms with E-state index in [1.54, 1.807) is 6.20 Å². The molecule has 148 valence electrons. The quantitative estimate of drug-likeness (QED) is 0.458. The summed E-state index contributed by atoms with van der Waals surface area (Å²) < 4.78 is 0. The van der Waals surface area contributed by atoms with E-state index >= 15 is 0 Å². The fourth-order valence-electron chi connectivity index (χ4n) is 3.13. The van der Waals surface area contributed by atoms with E-state index in [1.807, 2.05) is 30.3 Å². The zero-order valence-corrected chi connectivity index (χ0v) is 15.6. The van der Waals surface area contributed by atoms with Gasteiger partial charge >= 0.3 is 0 Å². The highest BCUT2D eigenvalue weighted by atomic mass is 16.1. The molecule has 29 heavy (non-hydrogen) atoms. The summed E-state index contributed by atoms with van der Waals surface area (Å²) in [5, 5.41) is 7.03. The molecule has 0 radical (unpaired) electrons. The number of carbonyl (C=O) groups excluding carboxylic acids is 2. The molecule has 1 atom stereocenters. The zero-order chi connectivity index (χ0) is 20.4. The van der Waals surface area contributed by atoms with Crippen molar-refractivity contribution in [1.82, 2.24) is 15.0 Å². The molecule has 6 N–H and O–H groups in total. The second-order valence-electron chi connectivity index (χ2n) is 7.13. The summed E-state index contributed by atoms with van der Waals surface area (Å²) in [4.78, 5) is 36.4. The molecular formula is C20H21N7O2. The highest BCUT2D eigenvalue weighted by Crippen LogP contribution is 2.34. The number of nitrogens with two attached hydrogens (primary N) is 2. The number of nitrogens with one attached hydrogen (secondary N) is 2. The second-order valence-corrected chi connectivity index (χ2v) is 7.13. The number of carbonyl (C=O) groups is 2. The maximum atomic E-state index is 11.8. The van der Waals surface area contributed by atoms with E-state index < -0.39 is 17.9 Å². The first kappa shape index (κ1) is 18.6. The van der Waals surface area contributed by atoms with Gasteiger partial charge in [-0.05, 0) is 36.6 Å². The van der Waals surface area contributed by atoms with Crippen LogP contribution in [0.15, 0.2) is 42.7 Å². The van der Waals surface area contributed by atoms with Crippen LogP contribution in [-0.2, 0) is 4.79 Å². The number of amides is 2. The van der Waals surface area contributed by atoms with Crippen LogP contribution in [0.5, 0.6) is 0 Å². The highest BCUT2D eigenvalue weighted by Gasteiger charge is 2.28. The molecule has 1 saturated carbocycles.